The van der Waals surface area contributed by atoms with Crippen molar-refractivity contribution in [2.45, 2.75) is 20.0 Å². The highest BCUT2D eigenvalue weighted by Gasteiger charge is 2.18. The number of hydrogen-bond donors (Lipinski definition) is 2. The van der Waals surface area contributed by atoms with Gasteiger partial charge in [-0.3, -0.25) is 9.59 Å². The molecule has 1 unspecified atom stereocenters. The van der Waals surface area contributed by atoms with Crippen LogP contribution in [0.4, 0.5) is 0 Å². The Morgan fingerprint density at radius 1 is 0.864 bits per heavy atom. The second-order valence-corrected chi connectivity index (χ2v) is 5.04. The Morgan fingerprint density at radius 2 is 1.27 bits per heavy atom. The number of aliphatic hydroxyl groups is 1. The van der Waals surface area contributed by atoms with Gasteiger partial charge in [0.2, 0.25) is 0 Å². The van der Waals surface area contributed by atoms with Crippen LogP contribution in [0.25, 0.3) is 0 Å². The van der Waals surface area contributed by atoms with Crippen LogP contribution in [0, 0.1) is 5.92 Å². The molecule has 2 N–H and O–H groups in total. The number of carbonyl (C=O) groups excluding carboxylic acids is 1. The lowest BCUT2D eigenvalue weighted by Gasteiger charge is -2.09. The van der Waals surface area contributed by atoms with Gasteiger partial charge in [-0.15, -0.1) is 0 Å². The summed E-state index contributed by atoms with van der Waals surface area (Å²) >= 11 is 0. The number of carboxylic acids is 1. The number of carboxylic acid groups (broad SMARTS) is 1. The number of benzene rings is 2. The summed E-state index contributed by atoms with van der Waals surface area (Å²) in [6, 6.07) is 17.7. The number of hydrogen-bond acceptors (Lipinski definition) is 3. The van der Waals surface area contributed by atoms with Gasteiger partial charge in [-0.25, -0.2) is 0 Å². The molecule has 0 heterocycles. The maximum Gasteiger partial charge on any atom is 0.305 e. The number of carbonyl (C=O) groups is 2. The summed E-state index contributed by atoms with van der Waals surface area (Å²) in [4.78, 5) is 21.6. The lowest BCUT2D eigenvalue weighted by molar-refractivity contribution is -0.140. The summed E-state index contributed by atoms with van der Waals surface area (Å²) in [6.45, 7) is 3.28. The second kappa shape index (κ2) is 8.74. The SMILES string of the molecule is CC(C)C(=O)O.O=C(c1ccccc1)C(O)c1ccccc1. The third kappa shape index (κ3) is 5.50. The Balaban J connectivity index is 0.000000346. The summed E-state index contributed by atoms with van der Waals surface area (Å²) in [5.41, 5.74) is 1.15. The van der Waals surface area contributed by atoms with E-state index < -0.39 is 12.1 Å². The fourth-order valence-corrected chi connectivity index (χ4v) is 1.55. The van der Waals surface area contributed by atoms with Crippen LogP contribution in [-0.2, 0) is 4.79 Å². The van der Waals surface area contributed by atoms with Gasteiger partial charge in [0, 0.05) is 5.56 Å². The first-order valence-corrected chi connectivity index (χ1v) is 6.98. The van der Waals surface area contributed by atoms with E-state index >= 15 is 0 Å². The smallest absolute Gasteiger partial charge is 0.305 e. The minimum atomic E-state index is -1.08. The molecule has 0 saturated carbocycles. The maximum absolute atomic E-state index is 11.9. The van der Waals surface area contributed by atoms with Gasteiger partial charge in [0.15, 0.2) is 5.78 Å². The van der Waals surface area contributed by atoms with Crippen molar-refractivity contribution in [2.75, 3.05) is 0 Å². The zero-order valence-corrected chi connectivity index (χ0v) is 12.6. The molecule has 2 aromatic carbocycles. The van der Waals surface area contributed by atoms with Gasteiger partial charge in [-0.05, 0) is 5.56 Å². The third-order valence-corrected chi connectivity index (χ3v) is 2.92. The van der Waals surface area contributed by atoms with Gasteiger partial charge in [-0.2, -0.15) is 0 Å². The Morgan fingerprint density at radius 3 is 1.68 bits per heavy atom. The van der Waals surface area contributed by atoms with Crippen molar-refractivity contribution in [3.8, 4) is 0 Å². The predicted octanol–water partition coefficient (Wildman–Crippen LogP) is 3.33. The Bertz CT molecular complexity index is 591. The summed E-state index contributed by atoms with van der Waals surface area (Å²) in [6.07, 6.45) is -1.08. The molecule has 0 aromatic heterocycles. The standard InChI is InChI=1S/C14H12O2.C4H8O2/c15-13(11-7-3-1-4-8-11)14(16)12-9-5-2-6-10-12;1-3(2)4(5)6/h1-10,13,15H;3H,1-2H3,(H,5,6). The molecule has 0 bridgehead atoms. The van der Waals surface area contributed by atoms with Crippen LogP contribution in [0.15, 0.2) is 60.7 Å². The minimum Gasteiger partial charge on any atom is -0.481 e. The molecule has 0 aliphatic rings. The molecule has 4 nitrogen and oxygen atoms in total. The van der Waals surface area contributed by atoms with Crippen LogP contribution in [0.2, 0.25) is 0 Å². The molecule has 0 fully saturated rings. The Hall–Kier alpha value is -2.46. The molecule has 0 saturated heterocycles. The van der Waals surface area contributed by atoms with Crippen molar-refractivity contribution in [2.24, 2.45) is 5.92 Å². The molecule has 1 atom stereocenters. The molecule has 22 heavy (non-hydrogen) atoms. The minimum absolute atomic E-state index is 0.231. The van der Waals surface area contributed by atoms with Gasteiger partial charge in [0.1, 0.15) is 6.10 Å². The average molecular weight is 300 g/mol. The zero-order valence-electron chi connectivity index (χ0n) is 12.6. The van der Waals surface area contributed by atoms with Crippen LogP contribution >= 0.6 is 0 Å². The van der Waals surface area contributed by atoms with Crippen LogP contribution in [-0.4, -0.2) is 22.0 Å². The van der Waals surface area contributed by atoms with Crippen LogP contribution in [0.5, 0.6) is 0 Å². The normalized spacial score (nSPS) is 11.3. The molecular weight excluding hydrogens is 280 g/mol. The van der Waals surface area contributed by atoms with Crippen molar-refractivity contribution in [3.63, 3.8) is 0 Å². The highest BCUT2D eigenvalue weighted by atomic mass is 16.4. The number of aliphatic hydroxyl groups excluding tert-OH is 1. The van der Waals surface area contributed by atoms with E-state index in [9.17, 15) is 14.7 Å². The summed E-state index contributed by atoms with van der Waals surface area (Å²) in [5.74, 6) is -1.24. The van der Waals surface area contributed by atoms with Crippen molar-refractivity contribution < 1.29 is 19.8 Å². The fourth-order valence-electron chi connectivity index (χ4n) is 1.55. The first-order valence-electron chi connectivity index (χ1n) is 6.98. The maximum atomic E-state index is 11.9. The highest BCUT2D eigenvalue weighted by molar-refractivity contribution is 5.99. The van der Waals surface area contributed by atoms with Crippen molar-refractivity contribution in [1.29, 1.82) is 0 Å². The lowest BCUT2D eigenvalue weighted by Crippen LogP contribution is -2.11. The highest BCUT2D eigenvalue weighted by Crippen LogP contribution is 2.17. The number of rotatable bonds is 4. The van der Waals surface area contributed by atoms with E-state index in [-0.39, 0.29) is 11.7 Å². The van der Waals surface area contributed by atoms with Gasteiger partial charge < -0.3 is 10.2 Å². The van der Waals surface area contributed by atoms with Gasteiger partial charge in [0.05, 0.1) is 5.92 Å². The Kier molecular flexibility index (Phi) is 6.99. The van der Waals surface area contributed by atoms with Crippen LogP contribution in [0.1, 0.15) is 35.9 Å². The summed E-state index contributed by atoms with van der Waals surface area (Å²) in [5, 5.41) is 17.9. The summed E-state index contributed by atoms with van der Waals surface area (Å²) in [7, 11) is 0. The summed E-state index contributed by atoms with van der Waals surface area (Å²) < 4.78 is 0. The first-order chi connectivity index (χ1) is 10.4. The lowest BCUT2D eigenvalue weighted by atomic mass is 10.0. The molecule has 0 amide bonds. The Labute approximate surface area is 130 Å². The number of aliphatic carboxylic acids is 1. The third-order valence-electron chi connectivity index (χ3n) is 2.92. The topological polar surface area (TPSA) is 74.6 Å². The van der Waals surface area contributed by atoms with E-state index in [1.54, 1.807) is 62.4 Å². The number of Topliss-reactive ketones (excluding diaryl/α,β-unsaturated/α-hetero) is 1. The van der Waals surface area contributed by atoms with Crippen LogP contribution in [0.3, 0.4) is 0 Å². The van der Waals surface area contributed by atoms with E-state index in [4.69, 9.17) is 5.11 Å². The predicted molar refractivity (Wildman–Crippen MR) is 84.6 cm³/mol. The van der Waals surface area contributed by atoms with Crippen molar-refractivity contribution in [3.05, 3.63) is 71.8 Å². The van der Waals surface area contributed by atoms with Crippen LogP contribution < -0.4 is 0 Å². The van der Waals surface area contributed by atoms with E-state index in [1.165, 1.54) is 0 Å². The fraction of sp³-hybridized carbons (Fsp3) is 0.222. The molecule has 116 valence electrons. The quantitative estimate of drug-likeness (QED) is 0.849. The van der Waals surface area contributed by atoms with E-state index in [1.807, 2.05) is 12.1 Å². The van der Waals surface area contributed by atoms with E-state index in [2.05, 4.69) is 0 Å². The molecule has 0 radical (unpaired) electrons. The first kappa shape index (κ1) is 17.6. The van der Waals surface area contributed by atoms with Crippen molar-refractivity contribution >= 4 is 11.8 Å². The molecule has 0 aliphatic carbocycles. The van der Waals surface area contributed by atoms with E-state index in [0.717, 1.165) is 0 Å². The zero-order chi connectivity index (χ0) is 16.5. The van der Waals surface area contributed by atoms with Crippen molar-refractivity contribution in [1.82, 2.24) is 0 Å². The van der Waals surface area contributed by atoms with Gasteiger partial charge >= 0.3 is 5.97 Å². The van der Waals surface area contributed by atoms with Gasteiger partial charge in [0.25, 0.3) is 0 Å². The molecule has 2 aromatic rings. The van der Waals surface area contributed by atoms with Gasteiger partial charge in [-0.1, -0.05) is 74.5 Å². The largest absolute Gasteiger partial charge is 0.481 e. The number of ketones is 1. The molecule has 0 aliphatic heterocycles. The van der Waals surface area contributed by atoms with E-state index in [0.29, 0.717) is 11.1 Å². The molecule has 0 spiro atoms. The monoisotopic (exact) mass is 300 g/mol. The molecular formula is C18H20O4. The average Bonchev–Trinajstić information content (AvgIpc) is 2.55. The molecule has 4 heteroatoms. The molecule has 2 rings (SSSR count). The second-order valence-electron chi connectivity index (χ2n) is 5.04.